The van der Waals surface area contributed by atoms with Gasteiger partial charge in [0.1, 0.15) is 24.4 Å². The number of fused-ring (bicyclic) bond motifs is 1. The molecule has 0 fully saturated rings. The van der Waals surface area contributed by atoms with Crippen LogP contribution in [0.2, 0.25) is 0 Å². The normalized spacial score (nSPS) is 16.6. The molecule has 0 radical (unpaired) electrons. The molecule has 0 spiro atoms. The summed E-state index contributed by atoms with van der Waals surface area (Å²) in [5.74, 6) is 0.871. The molecule has 0 saturated heterocycles. The summed E-state index contributed by atoms with van der Waals surface area (Å²) in [5, 5.41) is 8.56. The quantitative estimate of drug-likeness (QED) is 0.744. The lowest BCUT2D eigenvalue weighted by Gasteiger charge is -2.33. The largest absolute Gasteiger partial charge is 0.371 e. The summed E-state index contributed by atoms with van der Waals surface area (Å²) in [6, 6.07) is 1.88. The fourth-order valence-corrected chi connectivity index (χ4v) is 2.94. The van der Waals surface area contributed by atoms with E-state index in [-0.39, 0.29) is 18.4 Å². The highest BCUT2D eigenvalue weighted by Crippen LogP contribution is 2.29. The molecule has 1 aliphatic rings. The molecule has 25 heavy (non-hydrogen) atoms. The van der Waals surface area contributed by atoms with Gasteiger partial charge in [-0.1, -0.05) is 5.21 Å². The molecule has 0 aliphatic carbocycles. The van der Waals surface area contributed by atoms with Crippen LogP contribution >= 0.6 is 0 Å². The Balaban J connectivity index is 1.77. The average molecular weight is 345 g/mol. The van der Waals surface area contributed by atoms with Crippen molar-refractivity contribution in [3.05, 3.63) is 30.0 Å². The van der Waals surface area contributed by atoms with Crippen LogP contribution in [0.4, 0.5) is 5.82 Å². The summed E-state index contributed by atoms with van der Waals surface area (Å²) in [6.45, 7) is 4.68. The summed E-state index contributed by atoms with van der Waals surface area (Å²) in [6.07, 6.45) is 3.26. The Morgan fingerprint density at radius 3 is 2.96 bits per heavy atom. The van der Waals surface area contributed by atoms with Gasteiger partial charge in [0, 0.05) is 39.3 Å². The van der Waals surface area contributed by atoms with Crippen LogP contribution in [0.5, 0.6) is 0 Å². The third kappa shape index (κ3) is 3.76. The standard InChI is InChI=1S/C16H23N7O2/c1-4-23-16-12(9-25-10-15(24)21(2)3)7-22(8-13(16)19-20-23)14-5-6-17-11-18-14/h5-6,11-12H,4,7-10H2,1-3H3. The number of amides is 1. The van der Waals surface area contributed by atoms with E-state index in [4.69, 9.17) is 4.74 Å². The number of nitrogens with zero attached hydrogens (tertiary/aromatic N) is 7. The van der Waals surface area contributed by atoms with E-state index in [1.165, 1.54) is 11.2 Å². The second-order valence-corrected chi connectivity index (χ2v) is 6.19. The van der Waals surface area contributed by atoms with Gasteiger partial charge in [0.15, 0.2) is 0 Å². The van der Waals surface area contributed by atoms with Gasteiger partial charge in [-0.2, -0.15) is 0 Å². The van der Waals surface area contributed by atoms with E-state index in [1.54, 1.807) is 20.3 Å². The minimum atomic E-state index is -0.0502. The number of hydrogen-bond donors (Lipinski definition) is 0. The van der Waals surface area contributed by atoms with E-state index >= 15 is 0 Å². The molecular formula is C16H23N7O2. The fourth-order valence-electron chi connectivity index (χ4n) is 2.94. The molecule has 1 aliphatic heterocycles. The highest BCUT2D eigenvalue weighted by Gasteiger charge is 2.31. The number of anilines is 1. The Kier molecular flexibility index (Phi) is 5.22. The average Bonchev–Trinajstić information content (AvgIpc) is 3.05. The second-order valence-electron chi connectivity index (χ2n) is 6.19. The first-order valence-electron chi connectivity index (χ1n) is 8.31. The molecule has 2 aromatic heterocycles. The van der Waals surface area contributed by atoms with Gasteiger partial charge in [0.2, 0.25) is 5.91 Å². The highest BCUT2D eigenvalue weighted by atomic mass is 16.5. The zero-order valence-corrected chi connectivity index (χ0v) is 14.8. The molecule has 0 bridgehead atoms. The second kappa shape index (κ2) is 7.56. The minimum Gasteiger partial charge on any atom is -0.371 e. The molecule has 9 nitrogen and oxygen atoms in total. The van der Waals surface area contributed by atoms with Crippen LogP contribution < -0.4 is 4.90 Å². The Bertz CT molecular complexity index is 717. The van der Waals surface area contributed by atoms with Crippen molar-refractivity contribution in [1.82, 2.24) is 29.9 Å². The molecule has 1 atom stereocenters. The van der Waals surface area contributed by atoms with Crippen LogP contribution in [-0.2, 0) is 22.6 Å². The Morgan fingerprint density at radius 2 is 2.28 bits per heavy atom. The topological polar surface area (TPSA) is 89.3 Å². The van der Waals surface area contributed by atoms with Crippen molar-refractivity contribution in [3.8, 4) is 0 Å². The van der Waals surface area contributed by atoms with Crippen molar-refractivity contribution in [2.45, 2.75) is 25.9 Å². The zero-order chi connectivity index (χ0) is 17.8. The highest BCUT2D eigenvalue weighted by molar-refractivity contribution is 5.76. The van der Waals surface area contributed by atoms with Gasteiger partial charge in [-0.15, -0.1) is 5.10 Å². The van der Waals surface area contributed by atoms with Gasteiger partial charge in [0.05, 0.1) is 18.8 Å². The summed E-state index contributed by atoms with van der Waals surface area (Å²) >= 11 is 0. The van der Waals surface area contributed by atoms with Crippen LogP contribution in [0.3, 0.4) is 0 Å². The van der Waals surface area contributed by atoms with Gasteiger partial charge >= 0.3 is 0 Å². The number of likely N-dealkylation sites (N-methyl/N-ethyl adjacent to an activating group) is 1. The van der Waals surface area contributed by atoms with Gasteiger partial charge < -0.3 is 14.5 Å². The maximum Gasteiger partial charge on any atom is 0.248 e. The Morgan fingerprint density at radius 1 is 1.44 bits per heavy atom. The van der Waals surface area contributed by atoms with Crippen molar-refractivity contribution in [1.29, 1.82) is 0 Å². The van der Waals surface area contributed by atoms with Crippen molar-refractivity contribution < 1.29 is 9.53 Å². The first kappa shape index (κ1) is 17.3. The molecular weight excluding hydrogens is 322 g/mol. The van der Waals surface area contributed by atoms with E-state index in [0.717, 1.165) is 30.3 Å². The predicted octanol–water partition coefficient (Wildman–Crippen LogP) is 0.297. The van der Waals surface area contributed by atoms with E-state index in [2.05, 4.69) is 25.2 Å². The summed E-state index contributed by atoms with van der Waals surface area (Å²) < 4.78 is 7.60. The molecule has 1 unspecified atom stereocenters. The van der Waals surface area contributed by atoms with Crippen LogP contribution in [0.25, 0.3) is 0 Å². The van der Waals surface area contributed by atoms with Gasteiger partial charge in [-0.05, 0) is 13.0 Å². The number of carbonyl (C=O) groups excluding carboxylic acids is 1. The minimum absolute atomic E-state index is 0.0502. The van der Waals surface area contributed by atoms with Crippen molar-refractivity contribution in [2.75, 3.05) is 38.8 Å². The molecule has 134 valence electrons. The molecule has 2 aromatic rings. The molecule has 0 aromatic carbocycles. The number of hydrogen-bond acceptors (Lipinski definition) is 7. The molecule has 0 saturated carbocycles. The third-order valence-electron chi connectivity index (χ3n) is 4.25. The predicted molar refractivity (Wildman–Crippen MR) is 91.0 cm³/mol. The lowest BCUT2D eigenvalue weighted by atomic mass is 9.99. The number of carbonyl (C=O) groups is 1. The monoisotopic (exact) mass is 345 g/mol. The molecule has 3 heterocycles. The van der Waals surface area contributed by atoms with E-state index in [9.17, 15) is 4.79 Å². The smallest absolute Gasteiger partial charge is 0.248 e. The van der Waals surface area contributed by atoms with Crippen molar-refractivity contribution in [2.24, 2.45) is 0 Å². The molecule has 0 N–H and O–H groups in total. The van der Waals surface area contributed by atoms with Crippen molar-refractivity contribution >= 4 is 11.7 Å². The van der Waals surface area contributed by atoms with E-state index in [0.29, 0.717) is 13.2 Å². The van der Waals surface area contributed by atoms with Gasteiger partial charge in [-0.3, -0.25) is 4.79 Å². The summed E-state index contributed by atoms with van der Waals surface area (Å²) in [5.41, 5.74) is 2.02. The lowest BCUT2D eigenvalue weighted by Crippen LogP contribution is -2.37. The SMILES string of the molecule is CCn1nnc2c1C(COCC(=O)N(C)C)CN(c1ccncn1)C2. The number of rotatable bonds is 6. The van der Waals surface area contributed by atoms with Crippen LogP contribution in [0.1, 0.15) is 24.2 Å². The van der Waals surface area contributed by atoms with Crippen molar-refractivity contribution in [3.63, 3.8) is 0 Å². The van der Waals surface area contributed by atoms with E-state index in [1.807, 2.05) is 17.7 Å². The maximum atomic E-state index is 11.7. The Labute approximate surface area is 146 Å². The van der Waals surface area contributed by atoms with Gasteiger partial charge in [0.25, 0.3) is 0 Å². The number of ether oxygens (including phenoxy) is 1. The first-order chi connectivity index (χ1) is 12.1. The number of aryl methyl sites for hydroxylation is 1. The lowest BCUT2D eigenvalue weighted by molar-refractivity contribution is -0.133. The molecule has 3 rings (SSSR count). The first-order valence-corrected chi connectivity index (χ1v) is 8.31. The Hall–Kier alpha value is -2.55. The third-order valence-corrected chi connectivity index (χ3v) is 4.25. The maximum absolute atomic E-state index is 11.7. The molecule has 9 heteroatoms. The van der Waals surface area contributed by atoms with Gasteiger partial charge in [-0.25, -0.2) is 14.6 Å². The fraction of sp³-hybridized carbons (Fsp3) is 0.562. The molecule has 1 amide bonds. The zero-order valence-electron chi connectivity index (χ0n) is 14.8. The van der Waals surface area contributed by atoms with Crippen LogP contribution in [0.15, 0.2) is 18.6 Å². The summed E-state index contributed by atoms with van der Waals surface area (Å²) in [7, 11) is 3.44. The summed E-state index contributed by atoms with van der Waals surface area (Å²) in [4.78, 5) is 23.7. The van der Waals surface area contributed by atoms with Crippen LogP contribution in [-0.4, -0.2) is 69.6 Å². The van der Waals surface area contributed by atoms with E-state index < -0.39 is 0 Å². The van der Waals surface area contributed by atoms with Crippen LogP contribution in [0, 0.1) is 0 Å². The number of aromatic nitrogens is 5.